The number of rotatable bonds is 3. The van der Waals surface area contributed by atoms with Crippen LogP contribution in [0.4, 0.5) is 0 Å². The molecule has 0 unspecified atom stereocenters. The Morgan fingerprint density at radius 1 is 1.50 bits per heavy atom. The van der Waals surface area contributed by atoms with Crippen LogP contribution in [-0.2, 0) is 4.79 Å². The molecule has 12 heavy (non-hydrogen) atoms. The quantitative estimate of drug-likeness (QED) is 0.368. The molecule has 0 saturated heterocycles. The van der Waals surface area contributed by atoms with E-state index in [1.165, 1.54) is 0 Å². The first kappa shape index (κ1) is 18.3. The minimum absolute atomic E-state index is 0. The fraction of sp³-hybridized carbons (Fsp3) is 0.500. The Balaban J connectivity index is -0.000000177. The summed E-state index contributed by atoms with van der Waals surface area (Å²) in [6.45, 7) is 5.27. The molecule has 4 nitrogen and oxygen atoms in total. The summed E-state index contributed by atoms with van der Waals surface area (Å²) in [6.07, 6.45) is 1.44. The third-order valence-electron chi connectivity index (χ3n) is 0.854. The van der Waals surface area contributed by atoms with E-state index in [0.29, 0.717) is 12.0 Å². The number of hydrogen-bond donors (Lipinski definition) is 3. The number of carboxylic acids is 1. The Labute approximate surface area is 98.4 Å². The van der Waals surface area contributed by atoms with E-state index in [-0.39, 0.29) is 41.9 Å². The fourth-order valence-corrected chi connectivity index (χ4v) is 0.409. The molecule has 0 atom stereocenters. The molecule has 0 radical (unpaired) electrons. The van der Waals surface area contributed by atoms with Crippen LogP contribution in [0.25, 0.3) is 0 Å². The van der Waals surface area contributed by atoms with Crippen LogP contribution in [0.3, 0.4) is 0 Å². The predicted molar refractivity (Wildman–Crippen MR) is 51.7 cm³/mol. The summed E-state index contributed by atoms with van der Waals surface area (Å²) in [7, 11) is 0. The minimum atomic E-state index is -0.883. The Bertz CT molecular complexity index is 129. The molecule has 0 aromatic rings. The van der Waals surface area contributed by atoms with E-state index in [2.05, 4.69) is 6.58 Å². The molecule has 6 heteroatoms. The van der Waals surface area contributed by atoms with E-state index < -0.39 is 5.97 Å². The maximum atomic E-state index is 9.99. The van der Waals surface area contributed by atoms with Crippen LogP contribution in [0, 0.1) is 0 Å². The van der Waals surface area contributed by atoms with E-state index in [1.54, 1.807) is 0 Å². The summed E-state index contributed by atoms with van der Waals surface area (Å²) in [5.41, 5.74) is 0.299. The van der Waals surface area contributed by atoms with Crippen molar-refractivity contribution >= 4 is 47.9 Å². The van der Waals surface area contributed by atoms with Gasteiger partial charge in [-0.1, -0.05) is 19.9 Å². The van der Waals surface area contributed by atoms with Crippen LogP contribution in [0.1, 0.15) is 19.8 Å². The average molecular weight is 204 g/mol. The van der Waals surface area contributed by atoms with Crippen molar-refractivity contribution in [1.82, 2.24) is 0 Å². The predicted octanol–water partition coefficient (Wildman–Crippen LogP) is 1.44. The van der Waals surface area contributed by atoms with Crippen LogP contribution < -0.4 is 0 Å². The molecule has 0 heterocycles. The first-order valence-electron chi connectivity index (χ1n) is 2.96. The van der Waals surface area contributed by atoms with E-state index in [9.17, 15) is 4.79 Å². The van der Waals surface area contributed by atoms with Crippen LogP contribution in [0.2, 0.25) is 0 Å². The molecule has 0 saturated carbocycles. The van der Waals surface area contributed by atoms with Gasteiger partial charge in [0.05, 0.1) is 0 Å². The topological polar surface area (TPSA) is 77.8 Å². The average Bonchev–Trinajstić information content (AvgIpc) is 1.90. The third-order valence-corrected chi connectivity index (χ3v) is 0.854. The first-order valence-corrected chi connectivity index (χ1v) is 3.69. The van der Waals surface area contributed by atoms with Crippen molar-refractivity contribution in [2.45, 2.75) is 19.8 Å². The molecule has 0 aliphatic heterocycles. The van der Waals surface area contributed by atoms with Crippen LogP contribution in [0.15, 0.2) is 12.2 Å². The zero-order valence-electron chi connectivity index (χ0n) is 6.28. The van der Waals surface area contributed by atoms with Gasteiger partial charge < -0.3 is 14.2 Å². The monoisotopic (exact) mass is 204 g/mol. The Kier molecular flexibility index (Phi) is 21.4. The van der Waals surface area contributed by atoms with E-state index in [1.807, 2.05) is 6.92 Å². The van der Waals surface area contributed by atoms with Crippen molar-refractivity contribution in [2.24, 2.45) is 0 Å². The van der Waals surface area contributed by atoms with Gasteiger partial charge in [0.25, 0.3) is 0 Å². The van der Waals surface area contributed by atoms with Crippen LogP contribution in [0.5, 0.6) is 0 Å². The number of hydrogen-bond acceptors (Lipinski definition) is 4. The van der Waals surface area contributed by atoms with Crippen molar-refractivity contribution in [3.8, 4) is 0 Å². The number of carbonyl (C=O) groups is 1. The molecule has 0 aliphatic carbocycles. The first-order chi connectivity index (χ1) is 5.09. The second kappa shape index (κ2) is 14.0. The summed E-state index contributed by atoms with van der Waals surface area (Å²) >= 11 is -0.250. The molecule has 0 aromatic heterocycles. The van der Waals surface area contributed by atoms with E-state index in [4.69, 9.17) is 14.2 Å². The van der Waals surface area contributed by atoms with Gasteiger partial charge in [-0.25, -0.2) is 4.79 Å². The fourth-order valence-electron chi connectivity index (χ4n) is 0.409. The normalized spacial score (nSPS) is 7.25. The van der Waals surface area contributed by atoms with Gasteiger partial charge in [-0.05, 0) is 6.42 Å². The van der Waals surface area contributed by atoms with Gasteiger partial charge in [0, 0.05) is 5.57 Å². The molecule has 3 N–H and O–H groups in total. The zero-order chi connectivity index (χ0) is 9.28. The van der Waals surface area contributed by atoms with Gasteiger partial charge in [0.2, 0.25) is 0 Å². The van der Waals surface area contributed by atoms with Gasteiger partial charge in [0.15, 0.2) is 12.3 Å². The summed E-state index contributed by atoms with van der Waals surface area (Å²) in [5, 5.41) is 8.21. The van der Waals surface area contributed by atoms with Gasteiger partial charge in [-0.3, -0.25) is 0 Å². The Morgan fingerprint density at radius 3 is 1.92 bits per heavy atom. The molecule has 68 valence electrons. The number of carboxylic acid groups (broad SMARTS) is 1. The number of aliphatic carboxylic acids is 1. The van der Waals surface area contributed by atoms with Gasteiger partial charge in [-0.2, -0.15) is 0 Å². The van der Waals surface area contributed by atoms with Gasteiger partial charge in [-0.15, -0.1) is 0 Å². The van der Waals surface area contributed by atoms with E-state index >= 15 is 0 Å². The summed E-state index contributed by atoms with van der Waals surface area (Å²) < 4.78 is 14.1. The van der Waals surface area contributed by atoms with Crippen LogP contribution >= 0.6 is 12.3 Å². The van der Waals surface area contributed by atoms with Crippen LogP contribution in [-0.4, -0.2) is 49.7 Å². The Hall–Kier alpha value is 0.480. The second-order valence-electron chi connectivity index (χ2n) is 1.74. The third kappa shape index (κ3) is 16.8. The molecule has 0 fully saturated rings. The zero-order valence-corrected chi connectivity index (χ0v) is 7.10. The molecular weight excluding hydrogens is 191 g/mol. The van der Waals surface area contributed by atoms with Crippen molar-refractivity contribution in [1.29, 1.82) is 0 Å². The molecule has 0 bridgehead atoms. The summed E-state index contributed by atoms with van der Waals surface area (Å²) in [6, 6.07) is 0. The molecule has 0 rings (SSSR count). The second-order valence-corrected chi connectivity index (χ2v) is 1.90. The molecule has 0 spiro atoms. The molecule has 0 aromatic carbocycles. The molecule has 0 aliphatic rings. The van der Waals surface area contributed by atoms with Crippen molar-refractivity contribution in [2.75, 3.05) is 0 Å². The van der Waals surface area contributed by atoms with Gasteiger partial charge in [0.1, 0.15) is 0 Å². The molecular formula is C6H13NaO4S. The van der Waals surface area contributed by atoms with Crippen molar-refractivity contribution in [3.63, 3.8) is 0 Å². The van der Waals surface area contributed by atoms with Crippen molar-refractivity contribution in [3.05, 3.63) is 12.2 Å². The molecule has 0 amide bonds. The Morgan fingerprint density at radius 2 is 1.83 bits per heavy atom. The summed E-state index contributed by atoms with van der Waals surface area (Å²) in [4.78, 5) is 9.99. The summed E-state index contributed by atoms with van der Waals surface area (Å²) in [5.74, 6) is -0.883. The van der Waals surface area contributed by atoms with E-state index in [0.717, 1.165) is 6.42 Å². The SMILES string of the molecule is C=C(CCC)C(=O)O.OSO.[NaH]. The van der Waals surface area contributed by atoms with Gasteiger partial charge >= 0.3 is 35.5 Å². The standard InChI is InChI=1S/C6H10O2.Na.H2O2S.H/c1-3-4-5(2)6(7)8;;1-3-2;/h2-4H2,1H3,(H,7,8);;1-2H;. The maximum absolute atomic E-state index is 9.99. The van der Waals surface area contributed by atoms with Crippen molar-refractivity contribution < 1.29 is 19.0 Å².